The summed E-state index contributed by atoms with van der Waals surface area (Å²) in [6.07, 6.45) is 4.94. The van der Waals surface area contributed by atoms with Crippen molar-refractivity contribution in [2.45, 2.75) is 44.9 Å². The molecule has 1 heterocycles. The summed E-state index contributed by atoms with van der Waals surface area (Å²) < 4.78 is 0. The second kappa shape index (κ2) is 4.79. The number of nitrogens with zero attached hydrogens (tertiary/aromatic N) is 1. The van der Waals surface area contributed by atoms with Gasteiger partial charge in [0.15, 0.2) is 0 Å². The number of hydrogen-bond donors (Lipinski definition) is 1. The van der Waals surface area contributed by atoms with Crippen molar-refractivity contribution in [1.82, 2.24) is 4.90 Å². The zero-order chi connectivity index (χ0) is 11.7. The first-order chi connectivity index (χ1) is 8.33. The monoisotopic (exact) mass is 231 g/mol. The Morgan fingerprint density at radius 3 is 2.29 bits per heavy atom. The number of benzene rings is 1. The molecule has 1 aromatic rings. The largest absolute Gasteiger partial charge is 0.392 e. The van der Waals surface area contributed by atoms with E-state index in [0.717, 1.165) is 19.6 Å². The predicted molar refractivity (Wildman–Crippen MR) is 68.5 cm³/mol. The minimum absolute atomic E-state index is 0.119. The van der Waals surface area contributed by atoms with Gasteiger partial charge in [0, 0.05) is 19.6 Å². The van der Waals surface area contributed by atoms with Crippen molar-refractivity contribution >= 4 is 0 Å². The molecule has 2 nitrogen and oxygen atoms in total. The average Bonchev–Trinajstić information content (AvgIpc) is 2.97. The average molecular weight is 231 g/mol. The van der Waals surface area contributed by atoms with Gasteiger partial charge in [-0.05, 0) is 29.9 Å². The molecule has 0 saturated heterocycles. The molecule has 3 rings (SSSR count). The Hall–Kier alpha value is -0.860. The highest BCUT2D eigenvalue weighted by molar-refractivity contribution is 5.30. The van der Waals surface area contributed by atoms with E-state index >= 15 is 0 Å². The van der Waals surface area contributed by atoms with Crippen molar-refractivity contribution in [2.75, 3.05) is 6.54 Å². The summed E-state index contributed by atoms with van der Waals surface area (Å²) in [5.41, 5.74) is 2.87. The highest BCUT2D eigenvalue weighted by atomic mass is 16.3. The fourth-order valence-electron chi connectivity index (χ4n) is 3.29. The third-order valence-corrected chi connectivity index (χ3v) is 4.30. The van der Waals surface area contributed by atoms with Gasteiger partial charge in [0.2, 0.25) is 0 Å². The molecule has 92 valence electrons. The van der Waals surface area contributed by atoms with Crippen LogP contribution in [0.3, 0.4) is 0 Å². The van der Waals surface area contributed by atoms with E-state index in [0.29, 0.717) is 5.92 Å². The number of hydrogen-bond acceptors (Lipinski definition) is 2. The van der Waals surface area contributed by atoms with E-state index in [4.69, 9.17) is 0 Å². The number of rotatable bonds is 3. The van der Waals surface area contributed by atoms with Crippen LogP contribution in [0.5, 0.6) is 0 Å². The molecule has 0 aromatic heterocycles. The van der Waals surface area contributed by atoms with Crippen molar-refractivity contribution < 1.29 is 5.11 Å². The van der Waals surface area contributed by atoms with Crippen molar-refractivity contribution in [3.8, 4) is 0 Å². The van der Waals surface area contributed by atoms with Gasteiger partial charge in [0.25, 0.3) is 0 Å². The molecular weight excluding hydrogens is 210 g/mol. The molecule has 1 aliphatic heterocycles. The van der Waals surface area contributed by atoms with E-state index in [1.807, 2.05) is 0 Å². The lowest BCUT2D eigenvalue weighted by molar-refractivity contribution is 0.0646. The third kappa shape index (κ3) is 2.38. The maximum atomic E-state index is 10.2. The standard InChI is InChI=1S/C15H21NO/c17-15(12-5-1-2-6-12)11-16-9-13-7-3-4-8-14(13)10-16/h3-4,7-8,12,15,17H,1-2,5-6,9-11H2. The first-order valence-corrected chi connectivity index (χ1v) is 6.80. The topological polar surface area (TPSA) is 23.5 Å². The van der Waals surface area contributed by atoms with Crippen LogP contribution in [-0.2, 0) is 13.1 Å². The van der Waals surface area contributed by atoms with Crippen molar-refractivity contribution in [3.05, 3.63) is 35.4 Å². The van der Waals surface area contributed by atoms with Gasteiger partial charge in [-0.1, -0.05) is 37.1 Å². The van der Waals surface area contributed by atoms with E-state index in [1.54, 1.807) is 0 Å². The van der Waals surface area contributed by atoms with Gasteiger partial charge >= 0.3 is 0 Å². The molecule has 0 radical (unpaired) electrons. The molecule has 1 aliphatic carbocycles. The van der Waals surface area contributed by atoms with Crippen molar-refractivity contribution in [2.24, 2.45) is 5.92 Å². The Kier molecular flexibility index (Phi) is 3.17. The highest BCUT2D eigenvalue weighted by Crippen LogP contribution is 2.29. The summed E-state index contributed by atoms with van der Waals surface area (Å²) >= 11 is 0. The lowest BCUT2D eigenvalue weighted by Crippen LogP contribution is -2.32. The molecule has 1 aromatic carbocycles. The zero-order valence-electron chi connectivity index (χ0n) is 10.3. The number of fused-ring (bicyclic) bond motifs is 1. The van der Waals surface area contributed by atoms with Crippen LogP contribution in [0, 0.1) is 5.92 Å². The van der Waals surface area contributed by atoms with Gasteiger partial charge < -0.3 is 5.11 Å². The van der Waals surface area contributed by atoms with Gasteiger partial charge in [0.05, 0.1) is 6.10 Å². The quantitative estimate of drug-likeness (QED) is 0.864. The van der Waals surface area contributed by atoms with Crippen LogP contribution < -0.4 is 0 Å². The fourth-order valence-corrected chi connectivity index (χ4v) is 3.29. The molecule has 17 heavy (non-hydrogen) atoms. The smallest absolute Gasteiger partial charge is 0.0695 e. The molecule has 1 N–H and O–H groups in total. The normalized spacial score (nSPS) is 22.9. The molecule has 1 saturated carbocycles. The Morgan fingerprint density at radius 2 is 1.71 bits per heavy atom. The lowest BCUT2D eigenvalue weighted by atomic mass is 10.0. The molecule has 0 bridgehead atoms. The molecule has 0 amide bonds. The summed E-state index contributed by atoms with van der Waals surface area (Å²) in [7, 11) is 0. The van der Waals surface area contributed by atoms with Crippen LogP contribution in [0.25, 0.3) is 0 Å². The lowest BCUT2D eigenvalue weighted by Gasteiger charge is -2.23. The molecule has 2 aliphatic rings. The minimum atomic E-state index is -0.119. The number of aliphatic hydroxyl groups excluding tert-OH is 1. The first kappa shape index (κ1) is 11.2. The van der Waals surface area contributed by atoms with Gasteiger partial charge in [0.1, 0.15) is 0 Å². The van der Waals surface area contributed by atoms with Crippen LogP contribution >= 0.6 is 0 Å². The Morgan fingerprint density at radius 1 is 1.12 bits per heavy atom. The van der Waals surface area contributed by atoms with Gasteiger partial charge in [-0.2, -0.15) is 0 Å². The highest BCUT2D eigenvalue weighted by Gasteiger charge is 2.27. The Labute approximate surface area is 103 Å². The zero-order valence-corrected chi connectivity index (χ0v) is 10.3. The Bertz CT molecular complexity index is 359. The van der Waals surface area contributed by atoms with Crippen LogP contribution in [0.15, 0.2) is 24.3 Å². The molecule has 2 heteroatoms. The van der Waals surface area contributed by atoms with Crippen LogP contribution in [-0.4, -0.2) is 22.7 Å². The molecular formula is C15H21NO. The molecule has 1 atom stereocenters. The second-order valence-electron chi connectivity index (χ2n) is 5.55. The number of β-amino-alcohol motifs (C(OH)–C–C–N with tert-alkyl or cyclic N) is 1. The van der Waals surface area contributed by atoms with Gasteiger partial charge in [-0.3, -0.25) is 4.90 Å². The molecule has 1 fully saturated rings. The molecule has 0 spiro atoms. The van der Waals surface area contributed by atoms with E-state index in [2.05, 4.69) is 29.2 Å². The van der Waals surface area contributed by atoms with Crippen LogP contribution in [0.1, 0.15) is 36.8 Å². The maximum absolute atomic E-state index is 10.2. The van der Waals surface area contributed by atoms with Crippen LogP contribution in [0.2, 0.25) is 0 Å². The van der Waals surface area contributed by atoms with Crippen LogP contribution in [0.4, 0.5) is 0 Å². The van der Waals surface area contributed by atoms with Gasteiger partial charge in [-0.25, -0.2) is 0 Å². The van der Waals surface area contributed by atoms with Crippen molar-refractivity contribution in [1.29, 1.82) is 0 Å². The predicted octanol–water partition coefficient (Wildman–Crippen LogP) is 2.55. The summed E-state index contributed by atoms with van der Waals surface area (Å²) in [5.74, 6) is 0.554. The van der Waals surface area contributed by atoms with Crippen molar-refractivity contribution in [3.63, 3.8) is 0 Å². The SMILES string of the molecule is OC(CN1Cc2ccccc2C1)C1CCCC1. The maximum Gasteiger partial charge on any atom is 0.0695 e. The third-order valence-electron chi connectivity index (χ3n) is 4.30. The van der Waals surface area contributed by atoms with E-state index in [-0.39, 0.29) is 6.10 Å². The van der Waals surface area contributed by atoms with E-state index in [9.17, 15) is 5.11 Å². The summed E-state index contributed by atoms with van der Waals surface area (Å²) in [6, 6.07) is 8.63. The van der Waals surface area contributed by atoms with E-state index < -0.39 is 0 Å². The van der Waals surface area contributed by atoms with E-state index in [1.165, 1.54) is 36.8 Å². The van der Waals surface area contributed by atoms with Gasteiger partial charge in [-0.15, -0.1) is 0 Å². The Balaban J connectivity index is 1.58. The minimum Gasteiger partial charge on any atom is -0.392 e. The summed E-state index contributed by atoms with van der Waals surface area (Å²) in [4.78, 5) is 2.38. The fraction of sp³-hybridized carbons (Fsp3) is 0.600. The second-order valence-corrected chi connectivity index (χ2v) is 5.55. The molecule has 1 unspecified atom stereocenters. The summed E-state index contributed by atoms with van der Waals surface area (Å²) in [6.45, 7) is 2.87. The summed E-state index contributed by atoms with van der Waals surface area (Å²) in [5, 5.41) is 10.2. The number of aliphatic hydroxyl groups is 1. The first-order valence-electron chi connectivity index (χ1n) is 6.80.